The fraction of sp³-hybridized carbons (Fsp3) is 0.455. The fourth-order valence-electron chi connectivity index (χ4n) is 1.68. The molecule has 15 heavy (non-hydrogen) atoms. The van der Waals surface area contributed by atoms with Crippen LogP contribution in [0.1, 0.15) is 5.56 Å². The maximum absolute atomic E-state index is 12.9. The van der Waals surface area contributed by atoms with Crippen LogP contribution in [0.2, 0.25) is 0 Å². The Balaban J connectivity index is 1.91. The van der Waals surface area contributed by atoms with Crippen molar-refractivity contribution in [1.29, 1.82) is 0 Å². The summed E-state index contributed by atoms with van der Waals surface area (Å²) >= 11 is 0. The van der Waals surface area contributed by atoms with Gasteiger partial charge in [-0.15, -0.1) is 0 Å². The number of halogens is 1. The van der Waals surface area contributed by atoms with E-state index in [2.05, 4.69) is 0 Å². The van der Waals surface area contributed by atoms with Crippen LogP contribution >= 0.6 is 0 Å². The molecule has 1 aromatic carbocycles. The number of hydrogen-bond acceptors (Lipinski definition) is 3. The number of hydrogen-bond donors (Lipinski definition) is 1. The Morgan fingerprint density at radius 3 is 3.20 bits per heavy atom. The van der Waals surface area contributed by atoms with Gasteiger partial charge in [-0.25, -0.2) is 4.39 Å². The van der Waals surface area contributed by atoms with Crippen LogP contribution in [0.15, 0.2) is 18.2 Å². The summed E-state index contributed by atoms with van der Waals surface area (Å²) in [5.41, 5.74) is 6.22. The molecule has 0 bridgehead atoms. The molecule has 0 amide bonds. The highest BCUT2D eigenvalue weighted by Crippen LogP contribution is 2.29. The molecule has 1 aliphatic rings. The molecule has 1 unspecified atom stereocenters. The highest BCUT2D eigenvalue weighted by atomic mass is 19.1. The molecule has 4 heteroatoms. The Bertz CT molecular complexity index is 343. The highest BCUT2D eigenvalue weighted by Gasteiger charge is 2.23. The van der Waals surface area contributed by atoms with E-state index in [0.29, 0.717) is 26.2 Å². The standard InChI is InChI=1S/C11H14FNO2/c12-9-1-2-11-8(5-9)6-10(15-11)7-14-4-3-13/h1-2,5,10H,3-4,6-7,13H2. The largest absolute Gasteiger partial charge is 0.487 e. The summed E-state index contributed by atoms with van der Waals surface area (Å²) in [7, 11) is 0. The quantitative estimate of drug-likeness (QED) is 0.758. The van der Waals surface area contributed by atoms with E-state index in [-0.39, 0.29) is 11.9 Å². The van der Waals surface area contributed by atoms with Crippen molar-refractivity contribution >= 4 is 0 Å². The Hall–Kier alpha value is -1.13. The predicted molar refractivity (Wildman–Crippen MR) is 54.4 cm³/mol. The van der Waals surface area contributed by atoms with Crippen LogP contribution in [-0.4, -0.2) is 25.9 Å². The van der Waals surface area contributed by atoms with Crippen molar-refractivity contribution in [3.63, 3.8) is 0 Å². The number of fused-ring (bicyclic) bond motifs is 1. The van der Waals surface area contributed by atoms with Gasteiger partial charge in [0, 0.05) is 18.5 Å². The normalized spacial score (nSPS) is 18.7. The second-order valence-electron chi connectivity index (χ2n) is 3.56. The molecule has 1 aromatic rings. The third-order valence-electron chi connectivity index (χ3n) is 2.33. The van der Waals surface area contributed by atoms with Crippen molar-refractivity contribution in [3.8, 4) is 5.75 Å². The van der Waals surface area contributed by atoms with E-state index in [1.54, 1.807) is 6.07 Å². The first kappa shape index (κ1) is 10.4. The molecule has 0 spiro atoms. The van der Waals surface area contributed by atoms with Gasteiger partial charge in [0.25, 0.3) is 0 Å². The minimum Gasteiger partial charge on any atom is -0.487 e. The Morgan fingerprint density at radius 2 is 2.40 bits per heavy atom. The van der Waals surface area contributed by atoms with Gasteiger partial charge in [-0.3, -0.25) is 0 Å². The summed E-state index contributed by atoms with van der Waals surface area (Å²) < 4.78 is 23.8. The van der Waals surface area contributed by atoms with E-state index in [1.807, 2.05) is 0 Å². The number of rotatable bonds is 4. The number of ether oxygens (including phenoxy) is 2. The minimum absolute atomic E-state index is 0.00616. The van der Waals surface area contributed by atoms with Crippen molar-refractivity contribution in [2.45, 2.75) is 12.5 Å². The van der Waals surface area contributed by atoms with Gasteiger partial charge in [0.1, 0.15) is 17.7 Å². The van der Waals surface area contributed by atoms with Crippen molar-refractivity contribution in [2.24, 2.45) is 5.73 Å². The van der Waals surface area contributed by atoms with Gasteiger partial charge in [-0.1, -0.05) is 0 Å². The van der Waals surface area contributed by atoms with Gasteiger partial charge < -0.3 is 15.2 Å². The molecule has 0 aromatic heterocycles. The molecule has 3 nitrogen and oxygen atoms in total. The third kappa shape index (κ3) is 2.46. The number of benzene rings is 1. The first-order valence-corrected chi connectivity index (χ1v) is 5.02. The molecule has 1 atom stereocenters. The van der Waals surface area contributed by atoms with Crippen LogP contribution in [0.25, 0.3) is 0 Å². The first-order valence-electron chi connectivity index (χ1n) is 5.02. The molecule has 2 rings (SSSR count). The zero-order valence-corrected chi connectivity index (χ0v) is 8.41. The summed E-state index contributed by atoms with van der Waals surface area (Å²) in [4.78, 5) is 0. The van der Waals surface area contributed by atoms with Gasteiger partial charge in [-0.05, 0) is 18.2 Å². The number of nitrogens with two attached hydrogens (primary N) is 1. The molecule has 0 aliphatic carbocycles. The second kappa shape index (κ2) is 4.59. The fourth-order valence-corrected chi connectivity index (χ4v) is 1.68. The van der Waals surface area contributed by atoms with Gasteiger partial charge >= 0.3 is 0 Å². The van der Waals surface area contributed by atoms with E-state index in [9.17, 15) is 4.39 Å². The lowest BCUT2D eigenvalue weighted by molar-refractivity contribution is 0.0648. The molecule has 0 fully saturated rings. The van der Waals surface area contributed by atoms with Crippen molar-refractivity contribution in [2.75, 3.05) is 19.8 Å². The van der Waals surface area contributed by atoms with E-state index in [4.69, 9.17) is 15.2 Å². The summed E-state index contributed by atoms with van der Waals surface area (Å²) in [5, 5.41) is 0. The summed E-state index contributed by atoms with van der Waals surface area (Å²) in [6, 6.07) is 4.58. The second-order valence-corrected chi connectivity index (χ2v) is 3.56. The lowest BCUT2D eigenvalue weighted by Crippen LogP contribution is -2.22. The van der Waals surface area contributed by atoms with E-state index >= 15 is 0 Å². The summed E-state index contributed by atoms with van der Waals surface area (Å²) in [6.45, 7) is 1.55. The maximum Gasteiger partial charge on any atom is 0.126 e. The zero-order valence-electron chi connectivity index (χ0n) is 8.41. The maximum atomic E-state index is 12.9. The average Bonchev–Trinajstić information content (AvgIpc) is 2.60. The molecule has 2 N–H and O–H groups in total. The molecule has 0 saturated heterocycles. The smallest absolute Gasteiger partial charge is 0.126 e. The van der Waals surface area contributed by atoms with Crippen molar-refractivity contribution in [1.82, 2.24) is 0 Å². The van der Waals surface area contributed by atoms with Crippen LogP contribution in [0, 0.1) is 5.82 Å². The van der Waals surface area contributed by atoms with Gasteiger partial charge in [0.2, 0.25) is 0 Å². The van der Waals surface area contributed by atoms with Crippen LogP contribution in [0.4, 0.5) is 4.39 Å². The van der Waals surface area contributed by atoms with Crippen LogP contribution < -0.4 is 10.5 Å². The molecular formula is C11H14FNO2. The third-order valence-corrected chi connectivity index (χ3v) is 2.33. The summed E-state index contributed by atoms with van der Waals surface area (Å²) in [5.74, 6) is 0.540. The molecule has 1 aliphatic heterocycles. The Kier molecular flexibility index (Phi) is 3.18. The topological polar surface area (TPSA) is 44.5 Å². The van der Waals surface area contributed by atoms with Crippen molar-refractivity contribution in [3.05, 3.63) is 29.6 Å². The zero-order chi connectivity index (χ0) is 10.7. The lowest BCUT2D eigenvalue weighted by Gasteiger charge is -2.10. The van der Waals surface area contributed by atoms with E-state index < -0.39 is 0 Å². The van der Waals surface area contributed by atoms with Crippen LogP contribution in [0.5, 0.6) is 5.75 Å². The summed E-state index contributed by atoms with van der Waals surface area (Å²) in [6.07, 6.45) is 0.700. The SMILES string of the molecule is NCCOCC1Cc2cc(F)ccc2O1. The first-order chi connectivity index (χ1) is 7.29. The molecule has 82 valence electrons. The van der Waals surface area contributed by atoms with Crippen LogP contribution in [0.3, 0.4) is 0 Å². The van der Waals surface area contributed by atoms with Gasteiger partial charge in [-0.2, -0.15) is 0 Å². The molecular weight excluding hydrogens is 197 g/mol. The molecule has 1 heterocycles. The Morgan fingerprint density at radius 1 is 1.53 bits per heavy atom. The average molecular weight is 211 g/mol. The van der Waals surface area contributed by atoms with E-state index in [0.717, 1.165) is 11.3 Å². The predicted octanol–water partition coefficient (Wildman–Crippen LogP) is 1.10. The van der Waals surface area contributed by atoms with Crippen LogP contribution in [-0.2, 0) is 11.2 Å². The van der Waals surface area contributed by atoms with Gasteiger partial charge in [0.15, 0.2) is 0 Å². The molecule has 0 saturated carbocycles. The Labute approximate surface area is 88.0 Å². The minimum atomic E-state index is -0.221. The highest BCUT2D eigenvalue weighted by molar-refractivity contribution is 5.37. The lowest BCUT2D eigenvalue weighted by atomic mass is 10.1. The molecule has 0 radical (unpaired) electrons. The van der Waals surface area contributed by atoms with E-state index in [1.165, 1.54) is 12.1 Å². The van der Waals surface area contributed by atoms with Gasteiger partial charge in [0.05, 0.1) is 13.2 Å². The van der Waals surface area contributed by atoms with Crippen molar-refractivity contribution < 1.29 is 13.9 Å². The monoisotopic (exact) mass is 211 g/mol.